The molecule has 0 spiro atoms. The van der Waals surface area contributed by atoms with Crippen molar-refractivity contribution >= 4 is 7.12 Å². The maximum absolute atomic E-state index is 13.8. The van der Waals surface area contributed by atoms with Crippen LogP contribution in [0.3, 0.4) is 0 Å². The SMILES string of the molecule is CC1(C)OB([C@@H]2C[C@H]2c2ccc(F)cc2F)OC1(C)C. The van der Waals surface area contributed by atoms with E-state index in [1.165, 1.54) is 12.1 Å². The van der Waals surface area contributed by atoms with E-state index in [0.29, 0.717) is 5.56 Å². The molecule has 3 rings (SSSR count). The maximum atomic E-state index is 13.8. The van der Waals surface area contributed by atoms with Gasteiger partial charge in [-0.25, -0.2) is 8.78 Å². The molecule has 1 saturated heterocycles. The van der Waals surface area contributed by atoms with Crippen LogP contribution in [-0.4, -0.2) is 18.3 Å². The zero-order valence-corrected chi connectivity index (χ0v) is 12.2. The number of rotatable bonds is 2. The summed E-state index contributed by atoms with van der Waals surface area (Å²) in [6.45, 7) is 8.01. The maximum Gasteiger partial charge on any atom is 0.461 e. The second-order valence-electron chi connectivity index (χ2n) is 6.80. The fourth-order valence-corrected chi connectivity index (χ4v) is 2.74. The molecule has 0 aromatic heterocycles. The molecule has 108 valence electrons. The summed E-state index contributed by atoms with van der Waals surface area (Å²) in [6, 6.07) is 3.77. The van der Waals surface area contributed by atoms with E-state index in [0.717, 1.165) is 12.5 Å². The summed E-state index contributed by atoms with van der Waals surface area (Å²) in [6.07, 6.45) is 0.819. The molecule has 0 N–H and O–H groups in total. The number of hydrogen-bond acceptors (Lipinski definition) is 2. The van der Waals surface area contributed by atoms with Crippen molar-refractivity contribution in [3.63, 3.8) is 0 Å². The molecule has 1 aromatic carbocycles. The van der Waals surface area contributed by atoms with Crippen LogP contribution in [-0.2, 0) is 9.31 Å². The zero-order valence-electron chi connectivity index (χ0n) is 12.2. The van der Waals surface area contributed by atoms with Gasteiger partial charge in [0, 0.05) is 11.9 Å². The van der Waals surface area contributed by atoms with E-state index >= 15 is 0 Å². The van der Waals surface area contributed by atoms with Crippen LogP contribution in [0.4, 0.5) is 8.78 Å². The first kappa shape index (κ1) is 14.0. The Morgan fingerprint density at radius 2 is 1.70 bits per heavy atom. The Balaban J connectivity index is 1.74. The third kappa shape index (κ3) is 2.17. The first-order valence-electron chi connectivity index (χ1n) is 7.02. The molecular formula is C15H19BF2O2. The highest BCUT2D eigenvalue weighted by molar-refractivity contribution is 6.49. The molecule has 5 heteroatoms. The summed E-state index contributed by atoms with van der Waals surface area (Å²) in [5, 5.41) is 0. The van der Waals surface area contributed by atoms with Crippen LogP contribution >= 0.6 is 0 Å². The molecule has 0 radical (unpaired) electrons. The first-order chi connectivity index (χ1) is 9.21. The Morgan fingerprint density at radius 3 is 2.25 bits per heavy atom. The standard InChI is InChI=1S/C15H19BF2O2/c1-14(2)15(3,4)20-16(19-14)12-8-11(12)10-6-5-9(17)7-13(10)18/h5-7,11-12H,8H2,1-4H3/t11-,12+/m0/s1. The summed E-state index contributed by atoms with van der Waals surface area (Å²) in [5.74, 6) is -0.811. The van der Waals surface area contributed by atoms with Crippen molar-refractivity contribution in [2.45, 2.75) is 57.1 Å². The van der Waals surface area contributed by atoms with Gasteiger partial charge < -0.3 is 9.31 Å². The lowest BCUT2D eigenvalue weighted by Gasteiger charge is -2.32. The van der Waals surface area contributed by atoms with Gasteiger partial charge >= 0.3 is 7.12 Å². The van der Waals surface area contributed by atoms with Crippen molar-refractivity contribution in [2.75, 3.05) is 0 Å². The Bertz CT molecular complexity index is 529. The Labute approximate surface area is 118 Å². The van der Waals surface area contributed by atoms with Crippen molar-refractivity contribution in [3.8, 4) is 0 Å². The molecule has 2 fully saturated rings. The van der Waals surface area contributed by atoms with E-state index in [9.17, 15) is 8.78 Å². The highest BCUT2D eigenvalue weighted by atomic mass is 19.1. The monoisotopic (exact) mass is 280 g/mol. The van der Waals surface area contributed by atoms with E-state index < -0.39 is 11.6 Å². The minimum Gasteiger partial charge on any atom is -0.403 e. The van der Waals surface area contributed by atoms with Crippen LogP contribution < -0.4 is 0 Å². The Morgan fingerprint density at radius 1 is 1.10 bits per heavy atom. The lowest BCUT2D eigenvalue weighted by Crippen LogP contribution is -2.41. The lowest BCUT2D eigenvalue weighted by molar-refractivity contribution is 0.00578. The van der Waals surface area contributed by atoms with Crippen LogP contribution in [0.5, 0.6) is 0 Å². The topological polar surface area (TPSA) is 18.5 Å². The highest BCUT2D eigenvalue weighted by Crippen LogP contribution is 2.58. The third-order valence-electron chi connectivity index (χ3n) is 4.82. The molecule has 2 aliphatic rings. The van der Waals surface area contributed by atoms with Gasteiger partial charge in [-0.05, 0) is 51.7 Å². The average molecular weight is 280 g/mol. The molecule has 1 aliphatic heterocycles. The highest BCUT2D eigenvalue weighted by Gasteiger charge is 2.60. The summed E-state index contributed by atoms with van der Waals surface area (Å²) in [4.78, 5) is 0. The molecule has 1 aliphatic carbocycles. The van der Waals surface area contributed by atoms with Crippen LogP contribution in [0.25, 0.3) is 0 Å². The summed E-state index contributed by atoms with van der Waals surface area (Å²) in [5.41, 5.74) is -0.177. The average Bonchev–Trinajstić information content (AvgIpc) is 3.02. The quantitative estimate of drug-likeness (QED) is 0.764. The summed E-state index contributed by atoms with van der Waals surface area (Å²) < 4.78 is 38.7. The molecule has 0 amide bonds. The third-order valence-corrected chi connectivity index (χ3v) is 4.82. The molecular weight excluding hydrogens is 261 g/mol. The normalized spacial score (nSPS) is 30.6. The van der Waals surface area contributed by atoms with Crippen LogP contribution in [0.1, 0.15) is 45.6 Å². The van der Waals surface area contributed by atoms with Crippen molar-refractivity contribution in [3.05, 3.63) is 35.4 Å². The van der Waals surface area contributed by atoms with E-state index in [4.69, 9.17) is 9.31 Å². The smallest absolute Gasteiger partial charge is 0.403 e. The zero-order chi connectivity index (χ0) is 14.7. The van der Waals surface area contributed by atoms with Crippen molar-refractivity contribution in [2.24, 2.45) is 0 Å². The summed E-state index contributed by atoms with van der Waals surface area (Å²) >= 11 is 0. The predicted octanol–water partition coefficient (Wildman–Crippen LogP) is 3.91. The van der Waals surface area contributed by atoms with Crippen molar-refractivity contribution in [1.29, 1.82) is 0 Å². The van der Waals surface area contributed by atoms with Gasteiger partial charge in [0.25, 0.3) is 0 Å². The van der Waals surface area contributed by atoms with E-state index in [2.05, 4.69) is 0 Å². The molecule has 2 atom stereocenters. The molecule has 20 heavy (non-hydrogen) atoms. The fraction of sp³-hybridized carbons (Fsp3) is 0.600. The van der Waals surface area contributed by atoms with Crippen molar-refractivity contribution in [1.82, 2.24) is 0 Å². The number of hydrogen-bond donors (Lipinski definition) is 0. The van der Waals surface area contributed by atoms with Gasteiger partial charge in [-0.15, -0.1) is 0 Å². The molecule has 0 bridgehead atoms. The molecule has 1 saturated carbocycles. The number of benzene rings is 1. The van der Waals surface area contributed by atoms with Gasteiger partial charge in [0.1, 0.15) is 11.6 Å². The molecule has 2 nitrogen and oxygen atoms in total. The summed E-state index contributed by atoms with van der Waals surface area (Å²) in [7, 11) is -0.311. The van der Waals surface area contributed by atoms with Crippen LogP contribution in [0, 0.1) is 11.6 Å². The van der Waals surface area contributed by atoms with Gasteiger partial charge in [0.2, 0.25) is 0 Å². The lowest BCUT2D eigenvalue weighted by atomic mass is 9.79. The van der Waals surface area contributed by atoms with E-state index in [-0.39, 0.29) is 30.1 Å². The van der Waals surface area contributed by atoms with Gasteiger partial charge in [-0.1, -0.05) is 6.07 Å². The van der Waals surface area contributed by atoms with Gasteiger partial charge in [-0.3, -0.25) is 0 Å². The first-order valence-corrected chi connectivity index (χ1v) is 7.02. The molecule has 0 unspecified atom stereocenters. The fourth-order valence-electron chi connectivity index (χ4n) is 2.74. The van der Waals surface area contributed by atoms with E-state index in [1.807, 2.05) is 27.7 Å². The van der Waals surface area contributed by atoms with Gasteiger partial charge in [0.15, 0.2) is 0 Å². The van der Waals surface area contributed by atoms with Crippen LogP contribution in [0.2, 0.25) is 5.82 Å². The minimum absolute atomic E-state index is 0.0605. The van der Waals surface area contributed by atoms with Crippen molar-refractivity contribution < 1.29 is 18.1 Å². The Kier molecular flexibility index (Phi) is 3.00. The second kappa shape index (κ2) is 4.28. The van der Waals surface area contributed by atoms with Gasteiger partial charge in [-0.2, -0.15) is 0 Å². The van der Waals surface area contributed by atoms with E-state index in [1.54, 1.807) is 0 Å². The molecule has 1 aromatic rings. The van der Waals surface area contributed by atoms with Crippen LogP contribution in [0.15, 0.2) is 18.2 Å². The minimum atomic E-state index is -0.543. The number of halogens is 2. The Hall–Kier alpha value is -0.935. The molecule has 1 heterocycles. The largest absolute Gasteiger partial charge is 0.461 e. The van der Waals surface area contributed by atoms with Gasteiger partial charge in [0.05, 0.1) is 11.2 Å². The second-order valence-corrected chi connectivity index (χ2v) is 6.80. The predicted molar refractivity (Wildman–Crippen MR) is 73.5 cm³/mol.